The Labute approximate surface area is 170 Å². The van der Waals surface area contributed by atoms with Crippen LogP contribution in [-0.2, 0) is 12.0 Å². The molecule has 0 bridgehead atoms. The number of hydrogen-bond donors (Lipinski definition) is 1. The van der Waals surface area contributed by atoms with E-state index in [2.05, 4.69) is 5.10 Å². The number of carbonyl (C=O) groups excluding carboxylic acids is 1. The van der Waals surface area contributed by atoms with Crippen LogP contribution >= 0.6 is 0 Å². The third kappa shape index (κ3) is 3.37. The number of aliphatic hydroxyl groups is 1. The summed E-state index contributed by atoms with van der Waals surface area (Å²) in [6.45, 7) is 0. The van der Waals surface area contributed by atoms with Crippen LogP contribution in [0.25, 0.3) is 10.9 Å². The average molecular weight is 410 g/mol. The molecule has 152 valence electrons. The Bertz CT molecular complexity index is 1190. The molecule has 0 saturated heterocycles. The van der Waals surface area contributed by atoms with Gasteiger partial charge in [-0.1, -0.05) is 66.7 Å². The highest BCUT2D eigenvalue weighted by atomic mass is 19.4. The van der Waals surface area contributed by atoms with E-state index in [0.717, 1.165) is 5.56 Å². The molecule has 30 heavy (non-hydrogen) atoms. The normalized spacial score (nSPS) is 13.9. The molecule has 1 unspecified atom stereocenters. The quantitative estimate of drug-likeness (QED) is 0.530. The van der Waals surface area contributed by atoms with E-state index in [0.29, 0.717) is 10.9 Å². The van der Waals surface area contributed by atoms with E-state index in [1.165, 1.54) is 53.3 Å². The molecule has 7 heteroatoms. The fourth-order valence-electron chi connectivity index (χ4n) is 3.48. The van der Waals surface area contributed by atoms with Crippen LogP contribution in [-0.4, -0.2) is 27.0 Å². The summed E-state index contributed by atoms with van der Waals surface area (Å²) in [4.78, 5) is 12.6. The molecule has 0 amide bonds. The molecular formula is C23H17F3N2O2. The van der Waals surface area contributed by atoms with Gasteiger partial charge in [0.05, 0.1) is 18.1 Å². The molecule has 1 aromatic heterocycles. The van der Waals surface area contributed by atoms with E-state index in [-0.39, 0.29) is 23.5 Å². The van der Waals surface area contributed by atoms with Crippen molar-refractivity contribution in [3.8, 4) is 0 Å². The lowest BCUT2D eigenvalue weighted by Crippen LogP contribution is -2.43. The van der Waals surface area contributed by atoms with E-state index in [4.69, 9.17) is 0 Å². The van der Waals surface area contributed by atoms with E-state index in [1.807, 2.05) is 30.3 Å². The Balaban J connectivity index is 1.75. The standard InChI is InChI=1S/C23H17F3N2O2/c24-23(25,26)22(30,18-9-5-2-6-10-18)19-11-12-20-17(14-19)15-27-28(20)21(29)13-16-7-3-1-4-8-16/h1-12,14-15,30H,13H2. The van der Waals surface area contributed by atoms with Gasteiger partial charge in [0.25, 0.3) is 5.91 Å². The molecular weight excluding hydrogens is 393 g/mol. The number of fused-ring (bicyclic) bond motifs is 1. The molecule has 0 aliphatic rings. The SMILES string of the molecule is O=C(Cc1ccccc1)n1ncc2cc(C(O)(c3ccccc3)C(F)(F)F)ccc21. The van der Waals surface area contributed by atoms with Gasteiger partial charge in [0.2, 0.25) is 5.60 Å². The number of aromatic nitrogens is 2. The van der Waals surface area contributed by atoms with E-state index < -0.39 is 11.8 Å². The van der Waals surface area contributed by atoms with Gasteiger partial charge in [-0.15, -0.1) is 0 Å². The number of carbonyl (C=O) groups is 1. The van der Waals surface area contributed by atoms with Gasteiger partial charge in [-0.2, -0.15) is 23.0 Å². The van der Waals surface area contributed by atoms with E-state index in [9.17, 15) is 23.1 Å². The van der Waals surface area contributed by atoms with Gasteiger partial charge in [-0.25, -0.2) is 0 Å². The molecule has 0 fully saturated rings. The number of rotatable bonds is 4. The van der Waals surface area contributed by atoms with Crippen molar-refractivity contribution in [1.82, 2.24) is 9.78 Å². The Morgan fingerprint density at radius 2 is 1.53 bits per heavy atom. The smallest absolute Gasteiger partial charge is 0.372 e. The summed E-state index contributed by atoms with van der Waals surface area (Å²) >= 11 is 0. The van der Waals surface area contributed by atoms with Crippen LogP contribution in [0.15, 0.2) is 85.1 Å². The lowest BCUT2D eigenvalue weighted by atomic mass is 9.85. The zero-order chi connectivity index (χ0) is 21.4. The molecule has 3 aromatic carbocycles. The summed E-state index contributed by atoms with van der Waals surface area (Å²) in [5.74, 6) is -0.307. The number of benzene rings is 3. The third-order valence-corrected chi connectivity index (χ3v) is 5.02. The monoisotopic (exact) mass is 410 g/mol. The minimum absolute atomic E-state index is 0.107. The fourth-order valence-corrected chi connectivity index (χ4v) is 3.48. The predicted molar refractivity (Wildman–Crippen MR) is 106 cm³/mol. The molecule has 1 heterocycles. The largest absolute Gasteiger partial charge is 0.425 e. The fraction of sp³-hybridized carbons (Fsp3) is 0.130. The predicted octanol–water partition coefficient (Wildman–Crippen LogP) is 4.72. The van der Waals surface area contributed by atoms with E-state index >= 15 is 0 Å². The maximum absolute atomic E-state index is 13.9. The first kappa shape index (κ1) is 19.8. The Morgan fingerprint density at radius 1 is 0.900 bits per heavy atom. The Kier molecular flexibility index (Phi) is 4.91. The lowest BCUT2D eigenvalue weighted by molar-refractivity contribution is -0.248. The second-order valence-electron chi connectivity index (χ2n) is 6.96. The van der Waals surface area contributed by atoms with Crippen molar-refractivity contribution in [2.24, 2.45) is 0 Å². The zero-order valence-electron chi connectivity index (χ0n) is 15.7. The summed E-state index contributed by atoms with van der Waals surface area (Å²) in [5.41, 5.74) is -2.64. The molecule has 4 aromatic rings. The number of nitrogens with zero attached hydrogens (tertiary/aromatic N) is 2. The summed E-state index contributed by atoms with van der Waals surface area (Å²) in [6.07, 6.45) is -3.51. The minimum Gasteiger partial charge on any atom is -0.372 e. The maximum atomic E-state index is 13.9. The van der Waals surface area contributed by atoms with Gasteiger partial charge in [0.15, 0.2) is 0 Å². The van der Waals surface area contributed by atoms with Crippen molar-refractivity contribution >= 4 is 16.8 Å². The second-order valence-corrected chi connectivity index (χ2v) is 6.96. The van der Waals surface area contributed by atoms with Crippen LogP contribution in [0.1, 0.15) is 21.5 Å². The number of hydrogen-bond acceptors (Lipinski definition) is 3. The number of halogens is 3. The van der Waals surface area contributed by atoms with E-state index in [1.54, 1.807) is 6.07 Å². The van der Waals surface area contributed by atoms with Gasteiger partial charge < -0.3 is 5.11 Å². The highest BCUT2D eigenvalue weighted by Gasteiger charge is 2.56. The first-order valence-electron chi connectivity index (χ1n) is 9.21. The zero-order valence-corrected chi connectivity index (χ0v) is 15.7. The van der Waals surface area contributed by atoms with Crippen molar-refractivity contribution in [3.63, 3.8) is 0 Å². The molecule has 1 atom stereocenters. The van der Waals surface area contributed by atoms with Crippen molar-refractivity contribution in [1.29, 1.82) is 0 Å². The highest BCUT2D eigenvalue weighted by Crippen LogP contribution is 2.44. The van der Waals surface area contributed by atoms with Gasteiger partial charge in [0.1, 0.15) is 0 Å². The Morgan fingerprint density at radius 3 is 2.17 bits per heavy atom. The molecule has 0 aliphatic carbocycles. The Hall–Kier alpha value is -3.45. The van der Waals surface area contributed by atoms with Crippen LogP contribution in [0.3, 0.4) is 0 Å². The molecule has 4 rings (SSSR count). The summed E-state index contributed by atoms with van der Waals surface area (Å²) in [6, 6.07) is 19.8. The van der Waals surface area contributed by atoms with Gasteiger partial charge in [0, 0.05) is 5.39 Å². The minimum atomic E-state index is -4.94. The third-order valence-electron chi connectivity index (χ3n) is 5.02. The van der Waals surface area contributed by atoms with Gasteiger partial charge in [-0.05, 0) is 28.8 Å². The van der Waals surface area contributed by atoms with Crippen molar-refractivity contribution < 1.29 is 23.1 Å². The molecule has 0 aliphatic heterocycles. The molecule has 0 saturated carbocycles. The lowest BCUT2D eigenvalue weighted by Gasteiger charge is -2.31. The van der Waals surface area contributed by atoms with Gasteiger partial charge in [-0.3, -0.25) is 4.79 Å². The molecule has 4 nitrogen and oxygen atoms in total. The van der Waals surface area contributed by atoms with Crippen LogP contribution < -0.4 is 0 Å². The maximum Gasteiger partial charge on any atom is 0.425 e. The highest BCUT2D eigenvalue weighted by molar-refractivity contribution is 5.92. The first-order chi connectivity index (χ1) is 14.3. The van der Waals surface area contributed by atoms with Crippen LogP contribution in [0.4, 0.5) is 13.2 Å². The van der Waals surface area contributed by atoms with Crippen molar-refractivity contribution in [2.45, 2.75) is 18.2 Å². The summed E-state index contributed by atoms with van der Waals surface area (Å²) in [5, 5.41) is 15.1. The second kappa shape index (κ2) is 7.42. The summed E-state index contributed by atoms with van der Waals surface area (Å²) < 4.78 is 42.9. The average Bonchev–Trinajstić information content (AvgIpc) is 3.17. The number of alkyl halides is 3. The van der Waals surface area contributed by atoms with Crippen LogP contribution in [0, 0.1) is 0 Å². The van der Waals surface area contributed by atoms with Crippen LogP contribution in [0.5, 0.6) is 0 Å². The molecule has 0 spiro atoms. The molecule has 1 N–H and O–H groups in total. The summed E-state index contributed by atoms with van der Waals surface area (Å²) in [7, 11) is 0. The molecule has 0 radical (unpaired) electrons. The van der Waals surface area contributed by atoms with Crippen molar-refractivity contribution in [3.05, 3.63) is 102 Å². The first-order valence-corrected chi connectivity index (χ1v) is 9.21. The topological polar surface area (TPSA) is 55.1 Å². The van der Waals surface area contributed by atoms with Crippen LogP contribution in [0.2, 0.25) is 0 Å². The van der Waals surface area contributed by atoms with Crippen molar-refractivity contribution in [2.75, 3.05) is 0 Å². The van der Waals surface area contributed by atoms with Gasteiger partial charge >= 0.3 is 6.18 Å².